The molecule has 0 saturated carbocycles. The molecule has 0 amide bonds. The van der Waals surface area contributed by atoms with Crippen LogP contribution in [0.15, 0.2) is 0 Å². The summed E-state index contributed by atoms with van der Waals surface area (Å²) in [7, 11) is -6.09. The minimum Gasteiger partial charge on any atom is -0.741 e. The van der Waals surface area contributed by atoms with Crippen LogP contribution in [0.3, 0.4) is 0 Å². The third-order valence-electron chi connectivity index (χ3n) is 0.283. The Bertz CT molecular complexity index is 240. The molecule has 5 nitrogen and oxygen atoms in total. The van der Waals surface area contributed by atoms with Gasteiger partial charge in [0.25, 0.3) is 0 Å². The molecule has 0 aromatic heterocycles. The molecule has 0 saturated heterocycles. The minimum absolute atomic E-state index is 0. The maximum Gasteiger partial charge on any atom is 0.485 e. The summed E-state index contributed by atoms with van der Waals surface area (Å²) in [5.74, 6) is -1.08. The van der Waals surface area contributed by atoms with Gasteiger partial charge in [0.15, 0.2) is 10.1 Å². The molecule has 0 N–H and O–H groups in total. The maximum absolute atomic E-state index is 10.7. The number of hydrogen-bond donors (Lipinski definition) is 0. The van der Waals surface area contributed by atoms with E-state index in [1.165, 1.54) is 0 Å². The van der Waals surface area contributed by atoms with E-state index in [4.69, 9.17) is 22.9 Å². The molecule has 77 valence electrons. The van der Waals surface area contributed by atoms with Gasteiger partial charge in [-0.2, -0.15) is 13.2 Å². The third kappa shape index (κ3) is 14.9. The fourth-order valence-electron chi connectivity index (χ4n) is 0. The molecule has 0 aromatic rings. The van der Waals surface area contributed by atoms with Crippen molar-refractivity contribution in [1.29, 1.82) is 0 Å². The summed E-state index contributed by atoms with van der Waals surface area (Å²) < 4.78 is 58.9. The molecule has 0 heterocycles. The largest absolute Gasteiger partial charge is 0.741 e. The van der Waals surface area contributed by atoms with E-state index in [1.54, 1.807) is 0 Å². The van der Waals surface area contributed by atoms with Gasteiger partial charge in [-0.3, -0.25) is 0 Å². The first-order valence-corrected chi connectivity index (χ1v) is 3.59. The van der Waals surface area contributed by atoms with Gasteiger partial charge in [0, 0.05) is 31.8 Å². The Morgan fingerprint density at radius 3 is 1.38 bits per heavy atom. The van der Waals surface area contributed by atoms with E-state index >= 15 is 0 Å². The van der Waals surface area contributed by atoms with E-state index in [1.807, 2.05) is 0 Å². The van der Waals surface area contributed by atoms with Crippen molar-refractivity contribution in [3.05, 3.63) is 0 Å². The van der Waals surface area contributed by atoms with Crippen LogP contribution in [0.4, 0.5) is 13.2 Å². The first-order valence-electron chi connectivity index (χ1n) is 2.18. The fourth-order valence-corrected chi connectivity index (χ4v) is 0. The number of aliphatic carboxylic acids is 1. The molecule has 0 bridgehead atoms. The first-order chi connectivity index (χ1) is 4.98. The third-order valence-corrected chi connectivity index (χ3v) is 0.850. The summed E-state index contributed by atoms with van der Waals surface area (Å²) in [6, 6.07) is 0. The number of carbonyl (C=O) groups excluding carboxylic acids is 1. The summed E-state index contributed by atoms with van der Waals surface area (Å²) in [5.41, 5.74) is -5.65. The van der Waals surface area contributed by atoms with Gasteiger partial charge in [0.2, 0.25) is 0 Å². The van der Waals surface area contributed by atoms with Crippen molar-refractivity contribution in [2.24, 2.45) is 0 Å². The number of carbonyl (C=O) groups is 1. The number of hydrogen-bond acceptors (Lipinski definition) is 5. The van der Waals surface area contributed by atoms with Crippen molar-refractivity contribution >= 4 is 16.1 Å². The second kappa shape index (κ2) is 6.49. The van der Waals surface area contributed by atoms with E-state index in [9.17, 15) is 13.2 Å². The van der Waals surface area contributed by atoms with Gasteiger partial charge < -0.3 is 14.5 Å². The number of rotatable bonds is 0. The van der Waals surface area contributed by atoms with E-state index in [-0.39, 0.29) is 25.8 Å². The van der Waals surface area contributed by atoms with Gasteiger partial charge in [-0.15, -0.1) is 0 Å². The maximum atomic E-state index is 10.7. The van der Waals surface area contributed by atoms with Crippen LogP contribution in [0.25, 0.3) is 0 Å². The van der Waals surface area contributed by atoms with Gasteiger partial charge in [-0.05, 0) is 6.92 Å². The molecule has 0 aliphatic carbocycles. The Morgan fingerprint density at radius 1 is 1.31 bits per heavy atom. The van der Waals surface area contributed by atoms with Gasteiger partial charge >= 0.3 is 5.51 Å². The summed E-state index contributed by atoms with van der Waals surface area (Å²) in [5, 5.41) is 8.89. The molecule has 13 heavy (non-hydrogen) atoms. The van der Waals surface area contributed by atoms with Gasteiger partial charge in [0.05, 0.1) is 0 Å². The molecule has 0 unspecified atom stereocenters. The molecule has 0 spiro atoms. The number of carboxylic acid groups (broad SMARTS) is 1. The summed E-state index contributed by atoms with van der Waals surface area (Å²) in [6.07, 6.45) is 0. The Morgan fingerprint density at radius 2 is 1.38 bits per heavy atom. The normalized spacial score (nSPS) is 10.5. The van der Waals surface area contributed by atoms with Crippen molar-refractivity contribution in [3.63, 3.8) is 0 Å². The van der Waals surface area contributed by atoms with Crippen LogP contribution in [0.5, 0.6) is 0 Å². The Hall–Kier alpha value is 0.0401. The van der Waals surface area contributed by atoms with E-state index in [0.29, 0.717) is 0 Å². The van der Waals surface area contributed by atoms with Crippen LogP contribution in [0.2, 0.25) is 0 Å². The fraction of sp³-hybridized carbons (Fsp3) is 0.667. The molecule has 0 aliphatic rings. The molecular formula is C3H3F3O5SSc-2. The van der Waals surface area contributed by atoms with Crippen LogP contribution < -0.4 is 5.11 Å². The summed E-state index contributed by atoms with van der Waals surface area (Å²) >= 11 is 0. The van der Waals surface area contributed by atoms with Gasteiger partial charge in [0.1, 0.15) is 0 Å². The smallest absolute Gasteiger partial charge is 0.485 e. The second-order valence-electron chi connectivity index (χ2n) is 1.39. The van der Waals surface area contributed by atoms with Crippen molar-refractivity contribution in [2.75, 3.05) is 0 Å². The van der Waals surface area contributed by atoms with Crippen molar-refractivity contribution < 1.29 is 61.9 Å². The Balaban J connectivity index is -0.000000173. The van der Waals surface area contributed by atoms with E-state index in [0.717, 1.165) is 6.92 Å². The summed E-state index contributed by atoms with van der Waals surface area (Å²) in [4.78, 5) is 8.89. The summed E-state index contributed by atoms with van der Waals surface area (Å²) in [6.45, 7) is 0.972. The van der Waals surface area contributed by atoms with Crippen molar-refractivity contribution in [2.45, 2.75) is 12.4 Å². The molecule has 10 heteroatoms. The van der Waals surface area contributed by atoms with Crippen LogP contribution >= 0.6 is 0 Å². The number of carboxylic acids is 1. The quantitative estimate of drug-likeness (QED) is 0.399. The minimum atomic E-state index is -6.09. The van der Waals surface area contributed by atoms with E-state index in [2.05, 4.69) is 0 Å². The molecular weight excluding hydrogens is 250 g/mol. The average molecular weight is 253 g/mol. The average Bonchev–Trinajstić information content (AvgIpc) is 1.55. The monoisotopic (exact) mass is 253 g/mol. The van der Waals surface area contributed by atoms with Crippen molar-refractivity contribution in [1.82, 2.24) is 0 Å². The van der Waals surface area contributed by atoms with Crippen LogP contribution in [0, 0.1) is 0 Å². The van der Waals surface area contributed by atoms with Crippen LogP contribution in [0.1, 0.15) is 6.92 Å². The van der Waals surface area contributed by atoms with Gasteiger partial charge in [-0.1, -0.05) is 0 Å². The Kier molecular flexibility index (Phi) is 9.36. The van der Waals surface area contributed by atoms with Crippen molar-refractivity contribution in [3.8, 4) is 0 Å². The zero-order valence-corrected chi connectivity index (χ0v) is 8.78. The van der Waals surface area contributed by atoms with Crippen LogP contribution in [-0.4, -0.2) is 24.4 Å². The van der Waals surface area contributed by atoms with E-state index < -0.39 is 21.6 Å². The molecule has 0 fully saturated rings. The standard InChI is InChI=1S/C2H4O2.CHF3O3S.Sc/c1-2(3)4;2-1(3,4)8(5,6)7;/h1H3,(H,3,4);(H,5,6,7);/p-2. The first kappa shape index (κ1) is 18.8. The topological polar surface area (TPSA) is 97.3 Å². The SMILES string of the molecule is CC(=O)[O-].O=S(=O)([O-])C(F)(F)F.[Sc]. The molecule has 0 aromatic carbocycles. The molecule has 1 radical (unpaired) electrons. The Labute approximate surface area is 90.5 Å². The van der Waals surface area contributed by atoms with Crippen LogP contribution in [-0.2, 0) is 40.8 Å². The molecule has 0 atom stereocenters. The number of halogens is 3. The van der Waals surface area contributed by atoms with Gasteiger partial charge in [-0.25, -0.2) is 8.42 Å². The predicted molar refractivity (Wildman–Crippen MR) is 26.4 cm³/mol. The zero-order valence-electron chi connectivity index (χ0n) is 6.16. The number of alkyl halides is 3. The predicted octanol–water partition coefficient (Wildman–Crippen LogP) is -1.19. The molecule has 0 rings (SSSR count). The zero-order chi connectivity index (χ0) is 10.6. The molecule has 0 aliphatic heterocycles. The second-order valence-corrected chi connectivity index (χ2v) is 2.76.